The Morgan fingerprint density at radius 1 is 1.17 bits per heavy atom. The molecular formula is C21H17F3N4O2. The Hall–Kier alpha value is -3.62. The van der Waals surface area contributed by atoms with E-state index >= 15 is 0 Å². The van der Waals surface area contributed by atoms with Crippen LogP contribution in [-0.4, -0.2) is 29.2 Å². The number of hydrogen-bond donors (Lipinski definition) is 1. The summed E-state index contributed by atoms with van der Waals surface area (Å²) in [5, 5.41) is 2.78. The number of alkyl halides is 3. The lowest BCUT2D eigenvalue weighted by Gasteiger charge is -2.29. The van der Waals surface area contributed by atoms with Crippen molar-refractivity contribution < 1.29 is 22.7 Å². The number of fused-ring (bicyclic) bond motifs is 1. The quantitative estimate of drug-likeness (QED) is 0.648. The van der Waals surface area contributed by atoms with Gasteiger partial charge in [0, 0.05) is 23.1 Å². The molecule has 0 unspecified atom stereocenters. The maximum absolute atomic E-state index is 13.1. The van der Waals surface area contributed by atoms with Crippen molar-refractivity contribution in [2.45, 2.75) is 13.1 Å². The molecule has 3 heterocycles. The molecule has 1 aromatic carbocycles. The number of aryl methyl sites for hydroxylation is 1. The van der Waals surface area contributed by atoms with E-state index < -0.39 is 17.8 Å². The Labute approximate surface area is 170 Å². The van der Waals surface area contributed by atoms with E-state index in [1.807, 2.05) is 6.92 Å². The first-order valence-electron chi connectivity index (χ1n) is 9.14. The third-order valence-corrected chi connectivity index (χ3v) is 4.55. The first-order chi connectivity index (χ1) is 14.3. The minimum absolute atomic E-state index is 0.249. The highest BCUT2D eigenvalue weighted by molar-refractivity contribution is 6.02. The van der Waals surface area contributed by atoms with Gasteiger partial charge in [-0.05, 0) is 43.3 Å². The molecule has 1 N–H and O–H groups in total. The Kier molecular flexibility index (Phi) is 5.03. The number of ether oxygens (including phenoxy) is 1. The maximum atomic E-state index is 13.1. The monoisotopic (exact) mass is 414 g/mol. The van der Waals surface area contributed by atoms with Gasteiger partial charge in [-0.2, -0.15) is 13.2 Å². The van der Waals surface area contributed by atoms with Gasteiger partial charge < -0.3 is 10.1 Å². The van der Waals surface area contributed by atoms with Crippen molar-refractivity contribution in [1.29, 1.82) is 0 Å². The second-order valence-corrected chi connectivity index (χ2v) is 6.71. The topological polar surface area (TPSA) is 67.4 Å². The predicted octanol–water partition coefficient (Wildman–Crippen LogP) is 4.90. The molecule has 0 bridgehead atoms. The van der Waals surface area contributed by atoms with Gasteiger partial charge in [-0.25, -0.2) is 9.78 Å². The lowest BCUT2D eigenvalue weighted by atomic mass is 10.1. The number of nitrogens with zero attached hydrogens (tertiary/aromatic N) is 3. The molecule has 2 amide bonds. The summed E-state index contributed by atoms with van der Waals surface area (Å²) in [7, 11) is 0. The average molecular weight is 414 g/mol. The highest BCUT2D eigenvalue weighted by Crippen LogP contribution is 2.35. The van der Waals surface area contributed by atoms with Crippen molar-refractivity contribution in [2.24, 2.45) is 0 Å². The first-order valence-corrected chi connectivity index (χ1v) is 9.14. The van der Waals surface area contributed by atoms with Gasteiger partial charge >= 0.3 is 12.2 Å². The standard InChI is InChI=1S/C21H17F3N4O2/c1-13-11-16(7-8-25-13)26-20(29)28-9-10-30-18-6-5-17(27-19(18)28)14-3-2-4-15(12-14)21(22,23)24/h2-8,11-12H,9-10H2,1H3,(H,25,26,29). The summed E-state index contributed by atoms with van der Waals surface area (Å²) < 4.78 is 44.7. The van der Waals surface area contributed by atoms with Crippen molar-refractivity contribution in [1.82, 2.24) is 9.97 Å². The molecule has 0 radical (unpaired) electrons. The van der Waals surface area contributed by atoms with Crippen LogP contribution in [-0.2, 0) is 6.18 Å². The summed E-state index contributed by atoms with van der Waals surface area (Å²) in [6.45, 7) is 2.34. The largest absolute Gasteiger partial charge is 0.488 e. The molecule has 0 saturated heterocycles. The Balaban J connectivity index is 1.66. The molecule has 30 heavy (non-hydrogen) atoms. The molecule has 2 aromatic heterocycles. The van der Waals surface area contributed by atoms with Crippen LogP contribution in [0.3, 0.4) is 0 Å². The highest BCUT2D eigenvalue weighted by Gasteiger charge is 2.31. The summed E-state index contributed by atoms with van der Waals surface area (Å²) in [5.74, 6) is 0.637. The molecule has 154 valence electrons. The van der Waals surface area contributed by atoms with Crippen molar-refractivity contribution in [3.8, 4) is 17.0 Å². The lowest BCUT2D eigenvalue weighted by molar-refractivity contribution is -0.137. The molecule has 0 fully saturated rings. The second-order valence-electron chi connectivity index (χ2n) is 6.71. The van der Waals surface area contributed by atoms with Crippen molar-refractivity contribution >= 4 is 17.5 Å². The molecule has 0 spiro atoms. The fraction of sp³-hybridized carbons (Fsp3) is 0.190. The summed E-state index contributed by atoms with van der Waals surface area (Å²) in [5.41, 5.74) is 1.17. The molecule has 1 aliphatic heterocycles. The first kappa shape index (κ1) is 19.7. The van der Waals surface area contributed by atoms with Crippen LogP contribution in [0.4, 0.5) is 29.5 Å². The van der Waals surface area contributed by atoms with Crippen LogP contribution in [0.5, 0.6) is 5.75 Å². The highest BCUT2D eigenvalue weighted by atomic mass is 19.4. The minimum Gasteiger partial charge on any atom is -0.488 e. The van der Waals surface area contributed by atoms with Gasteiger partial charge in [-0.15, -0.1) is 0 Å². The molecule has 9 heteroatoms. The second kappa shape index (κ2) is 7.66. The SMILES string of the molecule is Cc1cc(NC(=O)N2CCOc3ccc(-c4cccc(C(F)(F)F)c4)nc32)ccn1. The summed E-state index contributed by atoms with van der Waals surface area (Å²) >= 11 is 0. The third-order valence-electron chi connectivity index (χ3n) is 4.55. The number of aromatic nitrogens is 2. The van der Waals surface area contributed by atoms with Gasteiger partial charge in [0.05, 0.1) is 17.8 Å². The van der Waals surface area contributed by atoms with Crippen LogP contribution in [0.2, 0.25) is 0 Å². The van der Waals surface area contributed by atoms with E-state index in [4.69, 9.17) is 4.74 Å². The van der Waals surface area contributed by atoms with Gasteiger partial charge in [-0.1, -0.05) is 12.1 Å². The number of halogens is 3. The van der Waals surface area contributed by atoms with Crippen molar-refractivity contribution in [3.63, 3.8) is 0 Å². The smallest absolute Gasteiger partial charge is 0.416 e. The number of rotatable bonds is 2. The molecule has 0 atom stereocenters. The van der Waals surface area contributed by atoms with Gasteiger partial charge in [0.1, 0.15) is 6.61 Å². The number of carbonyl (C=O) groups is 1. The summed E-state index contributed by atoms with van der Waals surface area (Å²) in [4.78, 5) is 22.7. The van der Waals surface area contributed by atoms with E-state index in [2.05, 4.69) is 15.3 Å². The van der Waals surface area contributed by atoms with Crippen molar-refractivity contribution in [2.75, 3.05) is 23.4 Å². The fourth-order valence-electron chi connectivity index (χ4n) is 3.12. The fourth-order valence-corrected chi connectivity index (χ4v) is 3.12. The van der Waals surface area contributed by atoms with Crippen LogP contribution in [0.25, 0.3) is 11.3 Å². The predicted molar refractivity (Wildman–Crippen MR) is 106 cm³/mol. The molecule has 1 aliphatic rings. The molecule has 0 saturated carbocycles. The number of nitrogens with one attached hydrogen (secondary N) is 1. The number of hydrogen-bond acceptors (Lipinski definition) is 4. The lowest BCUT2D eigenvalue weighted by Crippen LogP contribution is -2.41. The Morgan fingerprint density at radius 2 is 2.00 bits per heavy atom. The van der Waals surface area contributed by atoms with Crippen LogP contribution in [0.1, 0.15) is 11.3 Å². The molecule has 6 nitrogen and oxygen atoms in total. The van der Waals surface area contributed by atoms with Crippen LogP contribution in [0, 0.1) is 6.92 Å². The Morgan fingerprint density at radius 3 is 2.77 bits per heavy atom. The zero-order valence-electron chi connectivity index (χ0n) is 15.9. The van der Waals surface area contributed by atoms with E-state index in [9.17, 15) is 18.0 Å². The van der Waals surface area contributed by atoms with E-state index in [0.717, 1.165) is 17.8 Å². The van der Waals surface area contributed by atoms with Crippen LogP contribution in [0.15, 0.2) is 54.7 Å². The zero-order chi connectivity index (χ0) is 21.3. The van der Waals surface area contributed by atoms with E-state index in [1.54, 1.807) is 30.5 Å². The number of urea groups is 1. The van der Waals surface area contributed by atoms with E-state index in [1.165, 1.54) is 17.0 Å². The third kappa shape index (κ3) is 4.05. The van der Waals surface area contributed by atoms with Gasteiger partial charge in [0.25, 0.3) is 0 Å². The number of amides is 2. The zero-order valence-corrected chi connectivity index (χ0v) is 15.9. The van der Waals surface area contributed by atoms with Crippen molar-refractivity contribution in [3.05, 3.63) is 66.0 Å². The molecule has 3 aromatic rings. The molecular weight excluding hydrogens is 397 g/mol. The van der Waals surface area contributed by atoms with Crippen LogP contribution >= 0.6 is 0 Å². The number of benzene rings is 1. The number of anilines is 2. The number of pyridine rings is 2. The van der Waals surface area contributed by atoms with Gasteiger partial charge in [0.15, 0.2) is 11.6 Å². The van der Waals surface area contributed by atoms with Crippen LogP contribution < -0.4 is 15.0 Å². The average Bonchev–Trinajstić information content (AvgIpc) is 2.72. The number of carbonyl (C=O) groups excluding carboxylic acids is 1. The minimum atomic E-state index is -4.46. The molecule has 0 aliphatic carbocycles. The Bertz CT molecular complexity index is 1100. The van der Waals surface area contributed by atoms with E-state index in [0.29, 0.717) is 22.7 Å². The molecule has 4 rings (SSSR count). The summed E-state index contributed by atoms with van der Waals surface area (Å²) in [6.07, 6.45) is -2.87. The summed E-state index contributed by atoms with van der Waals surface area (Å²) in [6, 6.07) is 11.0. The maximum Gasteiger partial charge on any atom is 0.416 e. The normalized spacial score (nSPS) is 13.4. The van der Waals surface area contributed by atoms with Gasteiger partial charge in [0.2, 0.25) is 0 Å². The van der Waals surface area contributed by atoms with E-state index in [-0.39, 0.29) is 19.0 Å². The van der Waals surface area contributed by atoms with Gasteiger partial charge in [-0.3, -0.25) is 9.88 Å².